The first-order valence-electron chi connectivity index (χ1n) is 9.11. The Morgan fingerprint density at radius 3 is 2.14 bits per heavy atom. The van der Waals surface area contributed by atoms with Gasteiger partial charge in [0.2, 0.25) is 0 Å². The molecule has 132 valence electrons. The summed E-state index contributed by atoms with van der Waals surface area (Å²) in [5.41, 5.74) is 0.193. The zero-order valence-corrected chi connectivity index (χ0v) is 16.7. The first kappa shape index (κ1) is 20.5. The van der Waals surface area contributed by atoms with Gasteiger partial charge in [-0.2, -0.15) is 0 Å². The van der Waals surface area contributed by atoms with Crippen molar-refractivity contribution in [1.82, 2.24) is 10.6 Å². The van der Waals surface area contributed by atoms with Crippen LogP contribution in [0.5, 0.6) is 0 Å². The minimum absolute atomic E-state index is 0.193. The van der Waals surface area contributed by atoms with Crippen LogP contribution in [0, 0.1) is 5.41 Å². The Labute approximate surface area is 148 Å². The molecule has 0 spiro atoms. The second kappa shape index (κ2) is 8.55. The van der Waals surface area contributed by atoms with Gasteiger partial charge in [-0.1, -0.05) is 47.5 Å². The molecular formula is C18H36Cl2N2. The minimum atomic E-state index is -0.538. The van der Waals surface area contributed by atoms with Gasteiger partial charge in [-0.3, -0.25) is 5.32 Å². The van der Waals surface area contributed by atoms with Crippen LogP contribution in [0.4, 0.5) is 0 Å². The van der Waals surface area contributed by atoms with Crippen molar-refractivity contribution < 1.29 is 0 Å². The van der Waals surface area contributed by atoms with Crippen molar-refractivity contribution in [3.05, 3.63) is 0 Å². The van der Waals surface area contributed by atoms with E-state index in [1.807, 2.05) is 0 Å². The number of hydrogen-bond donors (Lipinski definition) is 2. The summed E-state index contributed by atoms with van der Waals surface area (Å²) in [5, 5.41) is 7.32. The van der Waals surface area contributed by atoms with Gasteiger partial charge in [-0.15, -0.1) is 23.2 Å². The molecule has 0 bridgehead atoms. The van der Waals surface area contributed by atoms with Crippen molar-refractivity contribution in [3.8, 4) is 0 Å². The molecule has 4 heteroatoms. The Hall–Kier alpha value is 0.500. The van der Waals surface area contributed by atoms with Crippen LogP contribution in [0.25, 0.3) is 0 Å². The Bertz CT molecular complexity index is 335. The fourth-order valence-electron chi connectivity index (χ4n) is 3.76. The van der Waals surface area contributed by atoms with E-state index in [9.17, 15) is 0 Å². The first-order valence-corrected chi connectivity index (χ1v) is 9.86. The summed E-state index contributed by atoms with van der Waals surface area (Å²) < 4.78 is 0. The molecule has 0 radical (unpaired) electrons. The van der Waals surface area contributed by atoms with Gasteiger partial charge >= 0.3 is 0 Å². The van der Waals surface area contributed by atoms with E-state index in [-0.39, 0.29) is 11.5 Å². The highest BCUT2D eigenvalue weighted by atomic mass is 35.5. The molecule has 2 N–H and O–H groups in total. The fraction of sp³-hybridized carbons (Fsp3) is 1.00. The predicted molar refractivity (Wildman–Crippen MR) is 100 cm³/mol. The van der Waals surface area contributed by atoms with E-state index in [1.165, 1.54) is 19.3 Å². The summed E-state index contributed by atoms with van der Waals surface area (Å²) >= 11 is 14.3. The van der Waals surface area contributed by atoms with Gasteiger partial charge in [-0.05, 0) is 50.6 Å². The quantitative estimate of drug-likeness (QED) is 0.336. The van der Waals surface area contributed by atoms with Crippen LogP contribution in [0.15, 0.2) is 0 Å². The molecule has 3 atom stereocenters. The normalized spacial score (nSPS) is 34.8. The summed E-state index contributed by atoms with van der Waals surface area (Å²) in [6.07, 6.45) is 7.56. The highest BCUT2D eigenvalue weighted by Crippen LogP contribution is 2.53. The maximum Gasteiger partial charge on any atom is 0.115 e. The van der Waals surface area contributed by atoms with Crippen LogP contribution in [0.2, 0.25) is 0 Å². The zero-order chi connectivity index (χ0) is 16.9. The second-order valence-corrected chi connectivity index (χ2v) is 9.02. The van der Waals surface area contributed by atoms with Gasteiger partial charge in [0.05, 0.1) is 4.87 Å². The summed E-state index contributed by atoms with van der Waals surface area (Å²) in [5.74, 6) is 0. The molecule has 0 saturated heterocycles. The molecule has 1 aliphatic carbocycles. The first-order chi connectivity index (χ1) is 10.2. The van der Waals surface area contributed by atoms with Crippen LogP contribution in [0.1, 0.15) is 79.6 Å². The number of halogens is 2. The zero-order valence-electron chi connectivity index (χ0n) is 15.2. The monoisotopic (exact) mass is 350 g/mol. The van der Waals surface area contributed by atoms with Crippen LogP contribution in [-0.4, -0.2) is 29.0 Å². The number of rotatable bonds is 9. The van der Waals surface area contributed by atoms with E-state index >= 15 is 0 Å². The lowest BCUT2D eigenvalue weighted by Gasteiger charge is -2.56. The maximum absolute atomic E-state index is 7.16. The summed E-state index contributed by atoms with van der Waals surface area (Å²) in [4.78, 5) is -0.977. The van der Waals surface area contributed by atoms with Crippen LogP contribution in [0.3, 0.4) is 0 Å². The van der Waals surface area contributed by atoms with Crippen molar-refractivity contribution >= 4 is 23.2 Å². The Morgan fingerprint density at radius 2 is 1.59 bits per heavy atom. The minimum Gasteiger partial charge on any atom is -0.312 e. The van der Waals surface area contributed by atoms with Crippen molar-refractivity contribution in [3.63, 3.8) is 0 Å². The molecule has 1 rings (SSSR count). The Balaban J connectivity index is 2.95. The molecule has 1 fully saturated rings. The molecule has 2 nitrogen and oxygen atoms in total. The van der Waals surface area contributed by atoms with Gasteiger partial charge in [0, 0.05) is 6.04 Å². The van der Waals surface area contributed by atoms with Crippen molar-refractivity contribution in [1.29, 1.82) is 0 Å². The van der Waals surface area contributed by atoms with Gasteiger partial charge in [0.1, 0.15) is 5.00 Å². The molecule has 0 aliphatic heterocycles. The molecule has 0 amide bonds. The average Bonchev–Trinajstić information content (AvgIpc) is 2.44. The largest absolute Gasteiger partial charge is 0.312 e. The van der Waals surface area contributed by atoms with E-state index in [2.05, 4.69) is 45.3 Å². The lowest BCUT2D eigenvalue weighted by Crippen LogP contribution is -2.69. The van der Waals surface area contributed by atoms with Crippen LogP contribution < -0.4 is 10.6 Å². The maximum atomic E-state index is 7.16. The van der Waals surface area contributed by atoms with E-state index in [1.54, 1.807) is 0 Å². The molecule has 0 aromatic carbocycles. The summed E-state index contributed by atoms with van der Waals surface area (Å²) in [7, 11) is 0. The number of hydrogen-bond acceptors (Lipinski definition) is 2. The number of alkyl halides is 2. The van der Waals surface area contributed by atoms with Crippen LogP contribution >= 0.6 is 23.2 Å². The average molecular weight is 351 g/mol. The smallest absolute Gasteiger partial charge is 0.115 e. The van der Waals surface area contributed by atoms with E-state index in [4.69, 9.17) is 23.2 Å². The van der Waals surface area contributed by atoms with E-state index in [0.29, 0.717) is 0 Å². The molecule has 0 heterocycles. The second-order valence-electron chi connectivity index (χ2n) is 7.70. The fourth-order valence-corrected chi connectivity index (χ4v) is 4.76. The highest BCUT2D eigenvalue weighted by molar-refractivity contribution is 6.35. The lowest BCUT2D eigenvalue weighted by molar-refractivity contribution is 0.0912. The molecule has 3 unspecified atom stereocenters. The molecule has 22 heavy (non-hydrogen) atoms. The molecule has 0 aromatic heterocycles. The van der Waals surface area contributed by atoms with Gasteiger partial charge in [0.15, 0.2) is 0 Å². The Morgan fingerprint density at radius 1 is 1.00 bits per heavy atom. The van der Waals surface area contributed by atoms with Gasteiger partial charge in [-0.25, -0.2) is 0 Å². The molecule has 1 aliphatic rings. The third-order valence-electron chi connectivity index (χ3n) is 5.06. The Kier molecular flexibility index (Phi) is 7.99. The topological polar surface area (TPSA) is 24.1 Å². The molecular weight excluding hydrogens is 315 g/mol. The number of unbranched alkanes of at least 4 members (excludes halogenated alkanes) is 2. The van der Waals surface area contributed by atoms with E-state index in [0.717, 1.165) is 38.8 Å². The van der Waals surface area contributed by atoms with Gasteiger partial charge < -0.3 is 5.32 Å². The molecule has 0 aromatic rings. The SMILES string of the molecule is CCCCNC1CC(C)(C)CC(Cl)(NCCCC)C1(Cl)CC. The van der Waals surface area contributed by atoms with Gasteiger partial charge in [0.25, 0.3) is 0 Å². The third-order valence-corrected chi connectivity index (χ3v) is 6.62. The third kappa shape index (κ3) is 4.75. The molecule has 1 saturated carbocycles. The summed E-state index contributed by atoms with van der Waals surface area (Å²) in [6, 6.07) is 0.251. The van der Waals surface area contributed by atoms with Crippen molar-refractivity contribution in [2.75, 3.05) is 13.1 Å². The number of nitrogens with one attached hydrogen (secondary N) is 2. The van der Waals surface area contributed by atoms with E-state index < -0.39 is 9.87 Å². The van der Waals surface area contributed by atoms with Crippen LogP contribution in [-0.2, 0) is 0 Å². The summed E-state index contributed by atoms with van der Waals surface area (Å²) in [6.45, 7) is 13.2. The van der Waals surface area contributed by atoms with Crippen molar-refractivity contribution in [2.45, 2.75) is 95.5 Å². The predicted octanol–water partition coefficient (Wildman–Crippen LogP) is 5.28. The highest BCUT2D eigenvalue weighted by Gasteiger charge is 2.58. The van der Waals surface area contributed by atoms with Crippen molar-refractivity contribution in [2.24, 2.45) is 5.41 Å². The lowest BCUT2D eigenvalue weighted by atomic mass is 9.65. The standard InChI is InChI=1S/C18H36Cl2N2/c1-6-9-11-21-15-13-16(4,5)14-18(20,17(15,19)8-3)22-12-10-7-2/h15,21-22H,6-14H2,1-5H3.